The molecule has 0 N–H and O–H groups in total. The SMILES string of the molecule is O=C(c1cccnc1N1CCCCC1)N1CCN(S(=O)(=O)c2ccc(Cl)cc2)CC1. The minimum absolute atomic E-state index is 0.0905. The average Bonchev–Trinajstić information content (AvgIpc) is 2.79. The van der Waals surface area contributed by atoms with E-state index in [0.29, 0.717) is 23.7 Å². The summed E-state index contributed by atoms with van der Waals surface area (Å²) in [5, 5.41) is 0.491. The van der Waals surface area contributed by atoms with Gasteiger partial charge in [-0.25, -0.2) is 13.4 Å². The maximum absolute atomic E-state index is 13.2. The number of hydrogen-bond donors (Lipinski definition) is 0. The molecule has 2 fully saturated rings. The van der Waals surface area contributed by atoms with Crippen molar-refractivity contribution in [3.05, 3.63) is 53.2 Å². The number of hydrogen-bond acceptors (Lipinski definition) is 5. The average molecular weight is 449 g/mol. The van der Waals surface area contributed by atoms with Crippen molar-refractivity contribution in [1.82, 2.24) is 14.2 Å². The number of piperidine rings is 1. The molecule has 2 aromatic rings. The number of pyridine rings is 1. The predicted octanol–water partition coefficient (Wildman–Crippen LogP) is 2.87. The quantitative estimate of drug-likeness (QED) is 0.719. The summed E-state index contributed by atoms with van der Waals surface area (Å²) >= 11 is 5.87. The smallest absolute Gasteiger partial charge is 0.257 e. The molecular formula is C21H25ClN4O3S. The molecule has 4 rings (SSSR count). The summed E-state index contributed by atoms with van der Waals surface area (Å²) in [5.41, 5.74) is 0.591. The number of nitrogens with zero attached hydrogens (tertiary/aromatic N) is 4. The lowest BCUT2D eigenvalue weighted by Gasteiger charge is -2.35. The molecule has 0 saturated carbocycles. The number of amides is 1. The third-order valence-electron chi connectivity index (χ3n) is 5.65. The number of anilines is 1. The van der Waals surface area contributed by atoms with Gasteiger partial charge in [-0.2, -0.15) is 4.31 Å². The van der Waals surface area contributed by atoms with Gasteiger partial charge in [-0.3, -0.25) is 4.79 Å². The molecule has 0 bridgehead atoms. The Morgan fingerprint density at radius 2 is 1.57 bits per heavy atom. The molecule has 2 aliphatic heterocycles. The summed E-state index contributed by atoms with van der Waals surface area (Å²) in [6.07, 6.45) is 5.13. The van der Waals surface area contributed by atoms with Crippen LogP contribution in [0.4, 0.5) is 5.82 Å². The molecule has 1 aromatic carbocycles. The van der Waals surface area contributed by atoms with Crippen molar-refractivity contribution in [3.63, 3.8) is 0 Å². The van der Waals surface area contributed by atoms with E-state index in [0.717, 1.165) is 31.7 Å². The number of rotatable bonds is 4. The van der Waals surface area contributed by atoms with E-state index in [1.807, 2.05) is 6.07 Å². The van der Waals surface area contributed by atoms with Crippen molar-refractivity contribution in [2.24, 2.45) is 0 Å². The first kappa shape index (κ1) is 21.1. The summed E-state index contributed by atoms with van der Waals surface area (Å²) in [5.74, 6) is 0.644. The summed E-state index contributed by atoms with van der Waals surface area (Å²) in [6, 6.07) is 9.75. The fourth-order valence-corrected chi connectivity index (χ4v) is 5.53. The molecule has 0 spiro atoms. The first-order chi connectivity index (χ1) is 14.5. The van der Waals surface area contributed by atoms with E-state index < -0.39 is 10.0 Å². The fraction of sp³-hybridized carbons (Fsp3) is 0.429. The molecule has 30 heavy (non-hydrogen) atoms. The zero-order valence-electron chi connectivity index (χ0n) is 16.7. The monoisotopic (exact) mass is 448 g/mol. The highest BCUT2D eigenvalue weighted by molar-refractivity contribution is 7.89. The van der Waals surface area contributed by atoms with Crippen LogP contribution in [-0.4, -0.2) is 67.8 Å². The van der Waals surface area contributed by atoms with Gasteiger partial charge in [-0.05, 0) is 55.7 Å². The van der Waals surface area contributed by atoms with Gasteiger partial charge in [-0.1, -0.05) is 11.6 Å². The minimum atomic E-state index is -3.60. The van der Waals surface area contributed by atoms with Crippen molar-refractivity contribution in [2.75, 3.05) is 44.2 Å². The molecule has 7 nitrogen and oxygen atoms in total. The minimum Gasteiger partial charge on any atom is -0.356 e. The lowest BCUT2D eigenvalue weighted by atomic mass is 10.1. The van der Waals surface area contributed by atoms with E-state index >= 15 is 0 Å². The summed E-state index contributed by atoms with van der Waals surface area (Å²) < 4.78 is 27.2. The van der Waals surface area contributed by atoms with Crippen LogP contribution < -0.4 is 4.90 Å². The van der Waals surface area contributed by atoms with Crippen molar-refractivity contribution in [3.8, 4) is 0 Å². The second-order valence-corrected chi connectivity index (χ2v) is 9.95. The Labute approximate surface area is 182 Å². The second kappa shape index (κ2) is 8.91. The van der Waals surface area contributed by atoms with Crippen LogP contribution in [-0.2, 0) is 10.0 Å². The predicted molar refractivity (Wildman–Crippen MR) is 116 cm³/mol. The number of halogens is 1. The van der Waals surface area contributed by atoms with Gasteiger partial charge in [-0.15, -0.1) is 0 Å². The van der Waals surface area contributed by atoms with Gasteiger partial charge < -0.3 is 9.80 Å². The topological polar surface area (TPSA) is 73.8 Å². The van der Waals surface area contributed by atoms with E-state index in [-0.39, 0.29) is 23.9 Å². The second-order valence-electron chi connectivity index (χ2n) is 7.57. The van der Waals surface area contributed by atoms with Gasteiger partial charge in [0, 0.05) is 50.5 Å². The molecule has 0 radical (unpaired) electrons. The molecule has 9 heteroatoms. The van der Waals surface area contributed by atoms with Crippen LogP contribution in [0.25, 0.3) is 0 Å². The highest BCUT2D eigenvalue weighted by Crippen LogP contribution is 2.24. The Kier molecular flexibility index (Phi) is 6.26. The highest BCUT2D eigenvalue weighted by atomic mass is 35.5. The first-order valence-electron chi connectivity index (χ1n) is 10.2. The van der Waals surface area contributed by atoms with E-state index in [1.165, 1.54) is 22.9 Å². The van der Waals surface area contributed by atoms with Crippen LogP contribution in [0.15, 0.2) is 47.5 Å². The Bertz CT molecular complexity index is 999. The van der Waals surface area contributed by atoms with Crippen LogP contribution in [0, 0.1) is 0 Å². The molecule has 0 unspecified atom stereocenters. The number of carbonyl (C=O) groups is 1. The largest absolute Gasteiger partial charge is 0.356 e. The molecule has 1 amide bonds. The Morgan fingerprint density at radius 1 is 0.900 bits per heavy atom. The summed E-state index contributed by atoms with van der Waals surface area (Å²) in [4.78, 5) is 21.8. The molecule has 2 aliphatic rings. The van der Waals surface area contributed by atoms with E-state index in [4.69, 9.17) is 11.6 Å². The third-order valence-corrected chi connectivity index (χ3v) is 7.81. The zero-order chi connectivity index (χ0) is 21.1. The highest BCUT2D eigenvalue weighted by Gasteiger charge is 2.31. The van der Waals surface area contributed by atoms with Crippen LogP contribution in [0.2, 0.25) is 5.02 Å². The number of piperazine rings is 1. The molecular weight excluding hydrogens is 424 g/mol. The lowest BCUT2D eigenvalue weighted by Crippen LogP contribution is -2.50. The Balaban J connectivity index is 1.46. The number of aromatic nitrogens is 1. The molecule has 0 atom stereocenters. The zero-order valence-corrected chi connectivity index (χ0v) is 18.3. The van der Waals surface area contributed by atoms with Gasteiger partial charge in [0.25, 0.3) is 5.91 Å². The Morgan fingerprint density at radius 3 is 2.23 bits per heavy atom. The van der Waals surface area contributed by atoms with E-state index in [2.05, 4.69) is 9.88 Å². The lowest BCUT2D eigenvalue weighted by molar-refractivity contribution is 0.0698. The third kappa shape index (κ3) is 4.31. The standard InChI is InChI=1S/C21H25ClN4O3S/c22-17-6-8-18(9-7-17)30(28,29)26-15-13-25(14-16-26)21(27)19-5-4-10-23-20(19)24-11-2-1-3-12-24/h4-10H,1-3,11-16H2. The summed E-state index contributed by atoms with van der Waals surface area (Å²) in [7, 11) is -3.60. The molecule has 1 aromatic heterocycles. The molecule has 160 valence electrons. The molecule has 0 aliphatic carbocycles. The summed E-state index contributed by atoms with van der Waals surface area (Å²) in [6.45, 7) is 3.03. The number of carbonyl (C=O) groups excluding carboxylic acids is 1. The van der Waals surface area contributed by atoms with Crippen LogP contribution in [0.3, 0.4) is 0 Å². The van der Waals surface area contributed by atoms with Crippen molar-refractivity contribution < 1.29 is 13.2 Å². The van der Waals surface area contributed by atoms with Gasteiger partial charge in [0.15, 0.2) is 0 Å². The van der Waals surface area contributed by atoms with Crippen LogP contribution in [0.5, 0.6) is 0 Å². The van der Waals surface area contributed by atoms with Gasteiger partial charge in [0.1, 0.15) is 5.82 Å². The van der Waals surface area contributed by atoms with Crippen molar-refractivity contribution in [2.45, 2.75) is 24.2 Å². The van der Waals surface area contributed by atoms with E-state index in [9.17, 15) is 13.2 Å². The van der Waals surface area contributed by atoms with Crippen LogP contribution in [0.1, 0.15) is 29.6 Å². The van der Waals surface area contributed by atoms with Crippen molar-refractivity contribution in [1.29, 1.82) is 0 Å². The fourth-order valence-electron chi connectivity index (χ4n) is 3.98. The van der Waals surface area contributed by atoms with E-state index in [1.54, 1.807) is 29.3 Å². The molecule has 2 saturated heterocycles. The van der Waals surface area contributed by atoms with Gasteiger partial charge in [0.05, 0.1) is 10.5 Å². The van der Waals surface area contributed by atoms with Gasteiger partial charge >= 0.3 is 0 Å². The first-order valence-corrected chi connectivity index (χ1v) is 12.0. The maximum atomic E-state index is 13.2. The van der Waals surface area contributed by atoms with Gasteiger partial charge in [0.2, 0.25) is 10.0 Å². The van der Waals surface area contributed by atoms with Crippen LogP contribution >= 0.6 is 11.6 Å². The normalized spacial score (nSPS) is 18.4. The maximum Gasteiger partial charge on any atom is 0.257 e. The number of benzene rings is 1. The number of sulfonamides is 1. The van der Waals surface area contributed by atoms with Crippen molar-refractivity contribution >= 4 is 33.3 Å². The Hall–Kier alpha value is -2.16. The molecule has 3 heterocycles.